The van der Waals surface area contributed by atoms with Gasteiger partial charge in [-0.1, -0.05) is 36.6 Å². The van der Waals surface area contributed by atoms with Crippen molar-refractivity contribution in [1.29, 1.82) is 0 Å². The highest BCUT2D eigenvalue weighted by Gasteiger charge is 2.37. The predicted molar refractivity (Wildman–Crippen MR) is 68.1 cm³/mol. The molecular formula is C15H24O. The van der Waals surface area contributed by atoms with Gasteiger partial charge in [-0.25, -0.2) is 0 Å². The predicted octanol–water partition coefficient (Wildman–Crippen LogP) is 3.70. The third-order valence-corrected chi connectivity index (χ3v) is 4.35. The average Bonchev–Trinajstić information content (AvgIpc) is 2.15. The molecule has 0 saturated carbocycles. The molecule has 2 aliphatic carbocycles. The molecule has 1 nitrogen and oxygen atoms in total. The molecule has 1 heteroatoms. The number of hydrogen-bond acceptors (Lipinski definition) is 1. The normalized spacial score (nSPS) is 35.1. The molecule has 0 saturated heterocycles. The molecule has 3 atom stereocenters. The van der Waals surface area contributed by atoms with E-state index in [-0.39, 0.29) is 6.10 Å². The highest BCUT2D eigenvalue weighted by molar-refractivity contribution is 5.31. The maximum Gasteiger partial charge on any atom is 0.0616 e. The van der Waals surface area contributed by atoms with Gasteiger partial charge in [0.15, 0.2) is 0 Å². The first-order valence-corrected chi connectivity index (χ1v) is 6.54. The molecule has 90 valence electrons. The van der Waals surface area contributed by atoms with Crippen LogP contribution in [0, 0.1) is 17.8 Å². The molecule has 16 heavy (non-hydrogen) atoms. The van der Waals surface area contributed by atoms with Crippen LogP contribution in [0.25, 0.3) is 0 Å². The molecule has 0 spiro atoms. The van der Waals surface area contributed by atoms with Gasteiger partial charge in [0.1, 0.15) is 0 Å². The lowest BCUT2D eigenvalue weighted by Gasteiger charge is -2.41. The second kappa shape index (κ2) is 4.37. The quantitative estimate of drug-likeness (QED) is 0.668. The summed E-state index contributed by atoms with van der Waals surface area (Å²) < 4.78 is 0. The molecule has 0 radical (unpaired) electrons. The maximum atomic E-state index is 10.3. The number of aliphatic hydroxyl groups is 1. The van der Waals surface area contributed by atoms with Crippen molar-refractivity contribution >= 4 is 0 Å². The van der Waals surface area contributed by atoms with E-state index in [0.29, 0.717) is 17.8 Å². The fraction of sp³-hybridized carbons (Fsp3) is 0.733. The lowest BCUT2D eigenvalue weighted by Crippen LogP contribution is -2.37. The zero-order chi connectivity index (χ0) is 11.9. The minimum atomic E-state index is -0.143. The van der Waals surface area contributed by atoms with Crippen molar-refractivity contribution in [1.82, 2.24) is 0 Å². The highest BCUT2D eigenvalue weighted by atomic mass is 16.3. The van der Waals surface area contributed by atoms with E-state index in [1.807, 2.05) is 0 Å². The van der Waals surface area contributed by atoms with Gasteiger partial charge in [0.25, 0.3) is 0 Å². The summed E-state index contributed by atoms with van der Waals surface area (Å²) in [6.45, 7) is 8.91. The number of allylic oxidation sites excluding steroid dienone is 3. The molecule has 2 rings (SSSR count). The van der Waals surface area contributed by atoms with E-state index in [4.69, 9.17) is 0 Å². The van der Waals surface area contributed by atoms with E-state index in [1.54, 1.807) is 5.57 Å². The first-order valence-electron chi connectivity index (χ1n) is 6.54. The molecule has 0 aromatic carbocycles. The number of fused-ring (bicyclic) bond motifs is 1. The summed E-state index contributed by atoms with van der Waals surface area (Å²) in [4.78, 5) is 0. The Hall–Kier alpha value is -0.560. The van der Waals surface area contributed by atoms with E-state index in [2.05, 4.69) is 33.8 Å². The van der Waals surface area contributed by atoms with Gasteiger partial charge in [-0.3, -0.25) is 0 Å². The van der Waals surface area contributed by atoms with Gasteiger partial charge in [-0.15, -0.1) is 0 Å². The van der Waals surface area contributed by atoms with Gasteiger partial charge in [-0.2, -0.15) is 0 Å². The van der Waals surface area contributed by atoms with Crippen molar-refractivity contribution in [2.75, 3.05) is 0 Å². The van der Waals surface area contributed by atoms with Crippen LogP contribution in [0.2, 0.25) is 0 Å². The standard InChI is InChI=1S/C15H24O/c1-9(2)15-13-7-10(3)5-6-12(13)11(4)8-14(15)16/h7,9,13-16H,5-6,8H2,1-4H3/t13-,14+,15+/m0/s1. The summed E-state index contributed by atoms with van der Waals surface area (Å²) in [5, 5.41) is 10.3. The molecule has 0 aromatic heterocycles. The Kier molecular flexibility index (Phi) is 3.25. The third-order valence-electron chi connectivity index (χ3n) is 4.35. The van der Waals surface area contributed by atoms with Crippen LogP contribution in [0.5, 0.6) is 0 Å². The van der Waals surface area contributed by atoms with Gasteiger partial charge in [0, 0.05) is 5.92 Å². The largest absolute Gasteiger partial charge is 0.392 e. The third kappa shape index (κ3) is 1.98. The lowest BCUT2D eigenvalue weighted by atomic mass is 9.65. The molecule has 1 N–H and O–H groups in total. The summed E-state index contributed by atoms with van der Waals surface area (Å²) in [5.74, 6) is 1.50. The Morgan fingerprint density at radius 3 is 2.56 bits per heavy atom. The zero-order valence-electron chi connectivity index (χ0n) is 11.0. The van der Waals surface area contributed by atoms with Crippen LogP contribution < -0.4 is 0 Å². The maximum absolute atomic E-state index is 10.3. The number of hydrogen-bond donors (Lipinski definition) is 1. The van der Waals surface area contributed by atoms with Gasteiger partial charge in [0.2, 0.25) is 0 Å². The molecule has 2 aliphatic rings. The van der Waals surface area contributed by atoms with E-state index in [9.17, 15) is 5.11 Å². The monoisotopic (exact) mass is 220 g/mol. The summed E-state index contributed by atoms with van der Waals surface area (Å²) in [7, 11) is 0. The summed E-state index contributed by atoms with van der Waals surface area (Å²) >= 11 is 0. The Balaban J connectivity index is 2.39. The van der Waals surface area contributed by atoms with Gasteiger partial charge in [0.05, 0.1) is 6.10 Å². The first-order chi connectivity index (χ1) is 7.50. The summed E-state index contributed by atoms with van der Waals surface area (Å²) in [5.41, 5.74) is 4.56. The van der Waals surface area contributed by atoms with Crippen LogP contribution in [-0.4, -0.2) is 11.2 Å². The Bertz CT molecular complexity index is 335. The van der Waals surface area contributed by atoms with Crippen molar-refractivity contribution in [2.45, 2.75) is 53.1 Å². The van der Waals surface area contributed by atoms with E-state index >= 15 is 0 Å². The minimum absolute atomic E-state index is 0.143. The molecule has 0 bridgehead atoms. The van der Waals surface area contributed by atoms with E-state index in [1.165, 1.54) is 24.0 Å². The van der Waals surface area contributed by atoms with E-state index in [0.717, 1.165) is 6.42 Å². The van der Waals surface area contributed by atoms with Crippen LogP contribution in [0.15, 0.2) is 22.8 Å². The fourth-order valence-corrected chi connectivity index (χ4v) is 3.51. The fourth-order valence-electron chi connectivity index (χ4n) is 3.51. The molecule has 0 amide bonds. The number of rotatable bonds is 1. The second-order valence-corrected chi connectivity index (χ2v) is 5.94. The lowest BCUT2D eigenvalue weighted by molar-refractivity contribution is 0.0531. The van der Waals surface area contributed by atoms with Gasteiger partial charge < -0.3 is 5.11 Å². The van der Waals surface area contributed by atoms with Crippen LogP contribution >= 0.6 is 0 Å². The van der Waals surface area contributed by atoms with E-state index < -0.39 is 0 Å². The topological polar surface area (TPSA) is 20.2 Å². The van der Waals surface area contributed by atoms with Crippen molar-refractivity contribution in [3.05, 3.63) is 22.8 Å². The van der Waals surface area contributed by atoms with Crippen molar-refractivity contribution in [2.24, 2.45) is 17.8 Å². The zero-order valence-corrected chi connectivity index (χ0v) is 11.0. The SMILES string of the molecule is CC1=C[C@H]2C(=C(C)C[C@@H](O)[C@@H]2C(C)C)CC1. The van der Waals surface area contributed by atoms with Gasteiger partial charge >= 0.3 is 0 Å². The molecule has 0 fully saturated rings. The second-order valence-electron chi connectivity index (χ2n) is 5.94. The average molecular weight is 220 g/mol. The molecule has 0 unspecified atom stereocenters. The number of aliphatic hydroxyl groups excluding tert-OH is 1. The molecule has 0 heterocycles. The van der Waals surface area contributed by atoms with Crippen molar-refractivity contribution < 1.29 is 5.11 Å². The minimum Gasteiger partial charge on any atom is -0.392 e. The van der Waals surface area contributed by atoms with Crippen LogP contribution in [0.4, 0.5) is 0 Å². The van der Waals surface area contributed by atoms with Crippen LogP contribution in [0.1, 0.15) is 47.0 Å². The highest BCUT2D eigenvalue weighted by Crippen LogP contribution is 2.44. The molecular weight excluding hydrogens is 196 g/mol. The Morgan fingerprint density at radius 1 is 1.25 bits per heavy atom. The molecule has 0 aliphatic heterocycles. The van der Waals surface area contributed by atoms with Crippen molar-refractivity contribution in [3.63, 3.8) is 0 Å². The Morgan fingerprint density at radius 2 is 1.94 bits per heavy atom. The summed E-state index contributed by atoms with van der Waals surface area (Å²) in [6, 6.07) is 0. The van der Waals surface area contributed by atoms with Crippen molar-refractivity contribution in [3.8, 4) is 0 Å². The van der Waals surface area contributed by atoms with Crippen LogP contribution in [-0.2, 0) is 0 Å². The first kappa shape index (κ1) is 11.9. The van der Waals surface area contributed by atoms with Crippen LogP contribution in [0.3, 0.4) is 0 Å². The smallest absolute Gasteiger partial charge is 0.0616 e. The molecule has 0 aromatic rings. The summed E-state index contributed by atoms with van der Waals surface area (Å²) in [6.07, 6.45) is 5.59. The van der Waals surface area contributed by atoms with Gasteiger partial charge in [-0.05, 0) is 44.9 Å². The Labute approximate surface area is 99.3 Å².